The Hall–Kier alpha value is -2.04. The average molecular weight is 204 g/mol. The molecule has 0 saturated carbocycles. The molecule has 0 amide bonds. The van der Waals surface area contributed by atoms with Crippen LogP contribution in [0.15, 0.2) is 24.3 Å². The maximum atomic E-state index is 5.43. The number of nitrogen functional groups attached to an aromatic ring is 1. The van der Waals surface area contributed by atoms with Gasteiger partial charge in [-0.3, -0.25) is 5.10 Å². The van der Waals surface area contributed by atoms with Gasteiger partial charge >= 0.3 is 0 Å². The second-order valence-corrected chi connectivity index (χ2v) is 3.00. The molecule has 1 aromatic carbocycles. The largest absolute Gasteiger partial charge is 0.494 e. The van der Waals surface area contributed by atoms with Crippen LogP contribution in [0.4, 0.5) is 5.95 Å². The summed E-state index contributed by atoms with van der Waals surface area (Å²) in [6.45, 7) is 2.58. The Balaban J connectivity index is 2.32. The van der Waals surface area contributed by atoms with E-state index in [2.05, 4.69) is 15.2 Å². The summed E-state index contributed by atoms with van der Waals surface area (Å²) in [5.74, 6) is 1.70. The summed E-state index contributed by atoms with van der Waals surface area (Å²) in [5.41, 5.74) is 6.34. The molecular formula is C10H12N4O. The minimum absolute atomic E-state index is 0.242. The molecule has 0 saturated heterocycles. The van der Waals surface area contributed by atoms with Crippen molar-refractivity contribution in [2.45, 2.75) is 6.92 Å². The number of H-pyrrole nitrogens is 1. The lowest BCUT2D eigenvalue weighted by molar-refractivity contribution is 0.340. The molecule has 1 heterocycles. The first kappa shape index (κ1) is 9.51. The van der Waals surface area contributed by atoms with Gasteiger partial charge in [-0.15, -0.1) is 5.10 Å². The van der Waals surface area contributed by atoms with Gasteiger partial charge in [-0.05, 0) is 19.1 Å². The number of rotatable bonds is 3. The number of aromatic amines is 1. The fraction of sp³-hybridized carbons (Fsp3) is 0.200. The molecule has 78 valence electrons. The molecule has 1 aromatic heterocycles. The monoisotopic (exact) mass is 204 g/mol. The van der Waals surface area contributed by atoms with Crippen molar-refractivity contribution >= 4 is 5.95 Å². The van der Waals surface area contributed by atoms with Gasteiger partial charge in [0.1, 0.15) is 5.75 Å². The fourth-order valence-electron chi connectivity index (χ4n) is 1.30. The predicted octanol–water partition coefficient (Wildman–Crippen LogP) is 1.45. The lowest BCUT2D eigenvalue weighted by atomic mass is 10.2. The van der Waals surface area contributed by atoms with E-state index < -0.39 is 0 Å². The summed E-state index contributed by atoms with van der Waals surface area (Å²) in [4.78, 5) is 4.04. The topological polar surface area (TPSA) is 76.8 Å². The van der Waals surface area contributed by atoms with Gasteiger partial charge in [0.25, 0.3) is 0 Å². The highest BCUT2D eigenvalue weighted by molar-refractivity contribution is 5.58. The normalized spacial score (nSPS) is 10.2. The van der Waals surface area contributed by atoms with Gasteiger partial charge in [-0.25, -0.2) is 0 Å². The van der Waals surface area contributed by atoms with Gasteiger partial charge in [0.2, 0.25) is 5.95 Å². The summed E-state index contributed by atoms with van der Waals surface area (Å²) in [6.07, 6.45) is 0. The summed E-state index contributed by atoms with van der Waals surface area (Å²) in [6, 6.07) is 7.61. The van der Waals surface area contributed by atoms with E-state index >= 15 is 0 Å². The summed E-state index contributed by atoms with van der Waals surface area (Å²) < 4.78 is 5.38. The maximum absolute atomic E-state index is 5.43. The highest BCUT2D eigenvalue weighted by Gasteiger charge is 2.03. The van der Waals surface area contributed by atoms with Crippen LogP contribution in [0.5, 0.6) is 5.75 Å². The fourth-order valence-corrected chi connectivity index (χ4v) is 1.30. The Kier molecular flexibility index (Phi) is 2.53. The number of nitrogens with zero attached hydrogens (tertiary/aromatic N) is 2. The van der Waals surface area contributed by atoms with Crippen molar-refractivity contribution in [3.63, 3.8) is 0 Å². The van der Waals surface area contributed by atoms with Crippen LogP contribution in [0.3, 0.4) is 0 Å². The van der Waals surface area contributed by atoms with Crippen LogP contribution in [-0.4, -0.2) is 21.8 Å². The molecule has 2 aromatic rings. The highest BCUT2D eigenvalue weighted by atomic mass is 16.5. The zero-order valence-corrected chi connectivity index (χ0v) is 8.40. The molecular weight excluding hydrogens is 192 g/mol. The molecule has 5 nitrogen and oxygen atoms in total. The van der Waals surface area contributed by atoms with Crippen molar-refractivity contribution < 1.29 is 4.74 Å². The number of nitrogens with two attached hydrogens (primary N) is 1. The Morgan fingerprint density at radius 1 is 1.47 bits per heavy atom. The molecule has 15 heavy (non-hydrogen) atoms. The predicted molar refractivity (Wildman–Crippen MR) is 57.4 cm³/mol. The van der Waals surface area contributed by atoms with E-state index in [9.17, 15) is 0 Å². The van der Waals surface area contributed by atoms with E-state index in [1.54, 1.807) is 0 Å². The van der Waals surface area contributed by atoms with Gasteiger partial charge in [0, 0.05) is 5.56 Å². The molecule has 0 bridgehead atoms. The number of anilines is 1. The quantitative estimate of drug-likeness (QED) is 0.793. The molecule has 0 aliphatic heterocycles. The number of nitrogens with one attached hydrogen (secondary N) is 1. The van der Waals surface area contributed by atoms with Gasteiger partial charge < -0.3 is 10.5 Å². The van der Waals surface area contributed by atoms with E-state index in [0.717, 1.165) is 11.3 Å². The molecule has 2 rings (SSSR count). The Bertz CT molecular complexity index is 452. The molecule has 0 aliphatic carbocycles. The van der Waals surface area contributed by atoms with E-state index in [4.69, 9.17) is 10.5 Å². The minimum Gasteiger partial charge on any atom is -0.494 e. The zero-order valence-electron chi connectivity index (χ0n) is 8.40. The first-order valence-corrected chi connectivity index (χ1v) is 4.70. The third-order valence-electron chi connectivity index (χ3n) is 1.92. The van der Waals surface area contributed by atoms with Crippen molar-refractivity contribution in [3.05, 3.63) is 24.3 Å². The van der Waals surface area contributed by atoms with E-state index in [0.29, 0.717) is 12.4 Å². The van der Waals surface area contributed by atoms with Crippen LogP contribution in [0, 0.1) is 0 Å². The first-order chi connectivity index (χ1) is 7.29. The molecule has 3 N–H and O–H groups in total. The van der Waals surface area contributed by atoms with E-state index in [1.165, 1.54) is 0 Å². The SMILES string of the molecule is CCOc1cccc(-c2nc(N)n[nH]2)c1. The van der Waals surface area contributed by atoms with Crippen LogP contribution >= 0.6 is 0 Å². The molecule has 0 spiro atoms. The smallest absolute Gasteiger partial charge is 0.239 e. The molecule has 5 heteroatoms. The number of ether oxygens (including phenoxy) is 1. The molecule has 0 fully saturated rings. The van der Waals surface area contributed by atoms with Crippen LogP contribution < -0.4 is 10.5 Å². The average Bonchev–Trinajstić information content (AvgIpc) is 2.66. The van der Waals surface area contributed by atoms with Crippen LogP contribution in [0.25, 0.3) is 11.4 Å². The van der Waals surface area contributed by atoms with Crippen LogP contribution in [0.2, 0.25) is 0 Å². The number of hydrogen-bond acceptors (Lipinski definition) is 4. The van der Waals surface area contributed by atoms with E-state index in [1.807, 2.05) is 31.2 Å². The second-order valence-electron chi connectivity index (χ2n) is 3.00. The first-order valence-electron chi connectivity index (χ1n) is 4.70. The summed E-state index contributed by atoms with van der Waals surface area (Å²) in [5, 5.41) is 6.52. The Labute approximate surface area is 87.3 Å². The second kappa shape index (κ2) is 4.00. The van der Waals surface area contributed by atoms with E-state index in [-0.39, 0.29) is 5.95 Å². The Morgan fingerprint density at radius 2 is 2.33 bits per heavy atom. The minimum atomic E-state index is 0.242. The van der Waals surface area contributed by atoms with Crippen molar-refractivity contribution in [1.29, 1.82) is 0 Å². The van der Waals surface area contributed by atoms with Crippen molar-refractivity contribution in [3.8, 4) is 17.1 Å². The standard InChI is InChI=1S/C10H12N4O/c1-2-15-8-5-3-4-7(6-8)9-12-10(11)14-13-9/h3-6H,2H2,1H3,(H3,11,12,13,14). The molecule has 0 radical (unpaired) electrons. The summed E-state index contributed by atoms with van der Waals surface area (Å²) in [7, 11) is 0. The number of hydrogen-bond donors (Lipinski definition) is 2. The molecule has 0 unspecified atom stereocenters. The van der Waals surface area contributed by atoms with Gasteiger partial charge in [-0.1, -0.05) is 12.1 Å². The lowest BCUT2D eigenvalue weighted by Gasteiger charge is -2.03. The number of aromatic nitrogens is 3. The molecule has 0 aliphatic rings. The molecule has 0 atom stereocenters. The third kappa shape index (κ3) is 2.07. The van der Waals surface area contributed by atoms with Crippen LogP contribution in [0.1, 0.15) is 6.92 Å². The zero-order chi connectivity index (χ0) is 10.7. The maximum Gasteiger partial charge on any atom is 0.239 e. The number of benzene rings is 1. The van der Waals surface area contributed by atoms with Crippen molar-refractivity contribution in [1.82, 2.24) is 15.2 Å². The lowest BCUT2D eigenvalue weighted by Crippen LogP contribution is -1.91. The summed E-state index contributed by atoms with van der Waals surface area (Å²) >= 11 is 0. The van der Waals surface area contributed by atoms with Gasteiger partial charge in [0.05, 0.1) is 6.61 Å². The Morgan fingerprint density at radius 3 is 3.00 bits per heavy atom. The van der Waals surface area contributed by atoms with Crippen molar-refractivity contribution in [2.24, 2.45) is 0 Å². The van der Waals surface area contributed by atoms with Gasteiger partial charge in [0.15, 0.2) is 5.82 Å². The van der Waals surface area contributed by atoms with Crippen LogP contribution in [-0.2, 0) is 0 Å². The van der Waals surface area contributed by atoms with Crippen molar-refractivity contribution in [2.75, 3.05) is 12.3 Å². The highest BCUT2D eigenvalue weighted by Crippen LogP contribution is 2.20. The van der Waals surface area contributed by atoms with Gasteiger partial charge in [-0.2, -0.15) is 4.98 Å². The third-order valence-corrected chi connectivity index (χ3v) is 1.92.